The Balaban J connectivity index is 1.20. The van der Waals surface area contributed by atoms with Gasteiger partial charge in [-0.05, 0) is 62.3 Å². The van der Waals surface area contributed by atoms with Crippen LogP contribution in [0, 0.1) is 0 Å². The molecule has 2 atom stereocenters. The van der Waals surface area contributed by atoms with Gasteiger partial charge in [0.05, 0.1) is 25.0 Å². The van der Waals surface area contributed by atoms with Crippen LogP contribution in [0.4, 0.5) is 0 Å². The molecule has 36 heavy (non-hydrogen) atoms. The number of amides is 1. The van der Waals surface area contributed by atoms with Crippen molar-refractivity contribution in [2.75, 3.05) is 33.8 Å². The second-order valence-corrected chi connectivity index (χ2v) is 9.62. The van der Waals surface area contributed by atoms with Crippen molar-refractivity contribution in [3.05, 3.63) is 66.4 Å². The number of nitrogens with one attached hydrogen (secondary N) is 2. The zero-order valence-corrected chi connectivity index (χ0v) is 21.0. The van der Waals surface area contributed by atoms with Gasteiger partial charge < -0.3 is 14.8 Å². The predicted octanol–water partition coefficient (Wildman–Crippen LogP) is 3.32. The van der Waals surface area contributed by atoms with Gasteiger partial charge in [-0.1, -0.05) is 18.2 Å². The minimum Gasteiger partial charge on any atom is -0.497 e. The number of hydrogen-bond acceptors (Lipinski definition) is 6. The topological polar surface area (TPSA) is 82.7 Å². The fourth-order valence-electron chi connectivity index (χ4n) is 5.51. The van der Waals surface area contributed by atoms with Gasteiger partial charge in [-0.2, -0.15) is 5.10 Å². The molecule has 2 aromatic carbocycles. The number of ether oxygens (including phenoxy) is 2. The second kappa shape index (κ2) is 11.1. The molecule has 0 radical (unpaired) electrons. The standard InChI is InChI=1S/C28H35N5O3/c1-29-28(34)26-16-25(36-24-6-4-3-5-7-24)19-33(26)22-12-14-32(15-13-22)18-21-17-30-31-27(21)20-8-10-23(35-2)11-9-20/h3-11,17,22,25-26H,12-16,18-19H2,1-2H3,(H,29,34)(H,30,31)/t25-,26-/m0/s1. The van der Waals surface area contributed by atoms with Gasteiger partial charge in [0, 0.05) is 43.7 Å². The van der Waals surface area contributed by atoms with Crippen LogP contribution in [-0.4, -0.2) is 77.9 Å². The molecular weight excluding hydrogens is 454 g/mol. The molecule has 0 unspecified atom stereocenters. The van der Waals surface area contributed by atoms with E-state index in [0.29, 0.717) is 6.04 Å². The minimum atomic E-state index is -0.143. The Hall–Kier alpha value is -3.36. The molecule has 0 saturated carbocycles. The first-order valence-corrected chi connectivity index (χ1v) is 12.7. The van der Waals surface area contributed by atoms with Crippen LogP contribution < -0.4 is 14.8 Å². The second-order valence-electron chi connectivity index (χ2n) is 9.62. The number of rotatable bonds is 8. The number of hydrogen-bond donors (Lipinski definition) is 2. The Morgan fingerprint density at radius 2 is 1.83 bits per heavy atom. The molecule has 190 valence electrons. The highest BCUT2D eigenvalue weighted by Crippen LogP contribution is 2.30. The van der Waals surface area contributed by atoms with Gasteiger partial charge in [0.25, 0.3) is 0 Å². The van der Waals surface area contributed by atoms with E-state index in [1.165, 1.54) is 5.56 Å². The van der Waals surface area contributed by atoms with Crippen LogP contribution in [0.2, 0.25) is 0 Å². The number of benzene rings is 2. The zero-order chi connectivity index (χ0) is 24.9. The van der Waals surface area contributed by atoms with Crippen LogP contribution >= 0.6 is 0 Å². The Morgan fingerprint density at radius 3 is 2.53 bits per heavy atom. The Labute approximate surface area is 212 Å². The quantitative estimate of drug-likeness (QED) is 0.505. The highest BCUT2D eigenvalue weighted by atomic mass is 16.5. The summed E-state index contributed by atoms with van der Waals surface area (Å²) in [5, 5.41) is 10.3. The molecule has 3 heterocycles. The summed E-state index contributed by atoms with van der Waals surface area (Å²) in [6.07, 6.45) is 4.72. The lowest BCUT2D eigenvalue weighted by molar-refractivity contribution is -0.126. The van der Waals surface area contributed by atoms with Crippen molar-refractivity contribution in [3.8, 4) is 22.8 Å². The third kappa shape index (κ3) is 5.39. The average molecular weight is 490 g/mol. The van der Waals surface area contributed by atoms with Crippen LogP contribution in [0.15, 0.2) is 60.8 Å². The van der Waals surface area contributed by atoms with E-state index in [4.69, 9.17) is 9.47 Å². The highest BCUT2D eigenvalue weighted by molar-refractivity contribution is 5.82. The predicted molar refractivity (Wildman–Crippen MR) is 139 cm³/mol. The Kier molecular flexibility index (Phi) is 7.53. The third-order valence-electron chi connectivity index (χ3n) is 7.41. The van der Waals surface area contributed by atoms with E-state index < -0.39 is 0 Å². The first-order chi connectivity index (χ1) is 17.6. The lowest BCUT2D eigenvalue weighted by Gasteiger charge is -2.38. The molecular formula is C28H35N5O3. The summed E-state index contributed by atoms with van der Waals surface area (Å²) in [5.41, 5.74) is 3.35. The zero-order valence-electron chi connectivity index (χ0n) is 21.0. The third-order valence-corrected chi connectivity index (χ3v) is 7.41. The number of aromatic nitrogens is 2. The average Bonchev–Trinajstić information content (AvgIpc) is 3.56. The van der Waals surface area contributed by atoms with E-state index in [9.17, 15) is 4.79 Å². The van der Waals surface area contributed by atoms with E-state index in [0.717, 1.165) is 68.2 Å². The summed E-state index contributed by atoms with van der Waals surface area (Å²) in [6, 6.07) is 18.2. The molecule has 2 N–H and O–H groups in total. The van der Waals surface area contributed by atoms with Gasteiger partial charge in [0.1, 0.15) is 17.6 Å². The van der Waals surface area contributed by atoms with E-state index >= 15 is 0 Å². The summed E-state index contributed by atoms with van der Waals surface area (Å²) < 4.78 is 11.5. The lowest BCUT2D eigenvalue weighted by Crippen LogP contribution is -2.50. The van der Waals surface area contributed by atoms with E-state index in [2.05, 4.69) is 37.4 Å². The van der Waals surface area contributed by atoms with Gasteiger partial charge in [-0.15, -0.1) is 0 Å². The van der Waals surface area contributed by atoms with Gasteiger partial charge in [-0.3, -0.25) is 19.7 Å². The molecule has 0 aliphatic carbocycles. The summed E-state index contributed by atoms with van der Waals surface area (Å²) in [6.45, 7) is 3.60. The van der Waals surface area contributed by atoms with Crippen molar-refractivity contribution in [2.24, 2.45) is 0 Å². The van der Waals surface area contributed by atoms with Crippen LogP contribution in [0.5, 0.6) is 11.5 Å². The van der Waals surface area contributed by atoms with Crippen LogP contribution in [0.25, 0.3) is 11.3 Å². The number of H-pyrrole nitrogens is 1. The molecule has 2 saturated heterocycles. The molecule has 8 heteroatoms. The highest BCUT2D eigenvalue weighted by Gasteiger charge is 2.42. The van der Waals surface area contributed by atoms with E-state index in [1.807, 2.05) is 48.7 Å². The van der Waals surface area contributed by atoms with Gasteiger partial charge in [-0.25, -0.2) is 0 Å². The number of likely N-dealkylation sites (N-methyl/N-ethyl adjacent to an activating group) is 1. The number of likely N-dealkylation sites (tertiary alicyclic amines) is 2. The number of nitrogens with zero attached hydrogens (tertiary/aromatic N) is 3. The molecule has 2 aliphatic rings. The van der Waals surface area contributed by atoms with Crippen LogP contribution in [0.1, 0.15) is 24.8 Å². The van der Waals surface area contributed by atoms with Crippen molar-refractivity contribution in [1.29, 1.82) is 0 Å². The minimum absolute atomic E-state index is 0.0192. The van der Waals surface area contributed by atoms with Crippen molar-refractivity contribution >= 4 is 5.91 Å². The number of carbonyl (C=O) groups excluding carboxylic acids is 1. The fourth-order valence-corrected chi connectivity index (χ4v) is 5.51. The van der Waals surface area contributed by atoms with Crippen molar-refractivity contribution in [1.82, 2.24) is 25.3 Å². The number of aromatic amines is 1. The van der Waals surface area contributed by atoms with Crippen LogP contribution in [0.3, 0.4) is 0 Å². The molecule has 8 nitrogen and oxygen atoms in total. The summed E-state index contributed by atoms with van der Waals surface area (Å²) >= 11 is 0. The van der Waals surface area contributed by atoms with Crippen molar-refractivity contribution in [3.63, 3.8) is 0 Å². The monoisotopic (exact) mass is 489 g/mol. The molecule has 1 amide bonds. The van der Waals surface area contributed by atoms with E-state index in [1.54, 1.807) is 14.2 Å². The number of carbonyl (C=O) groups is 1. The summed E-state index contributed by atoms with van der Waals surface area (Å²) in [5.74, 6) is 1.79. The molecule has 5 rings (SSSR count). The smallest absolute Gasteiger partial charge is 0.237 e. The molecule has 3 aromatic rings. The number of piperidine rings is 1. The number of methoxy groups -OCH3 is 1. The summed E-state index contributed by atoms with van der Waals surface area (Å²) in [7, 11) is 3.40. The molecule has 0 bridgehead atoms. The van der Waals surface area contributed by atoms with Gasteiger partial charge >= 0.3 is 0 Å². The maximum Gasteiger partial charge on any atom is 0.237 e. The first-order valence-electron chi connectivity index (χ1n) is 12.7. The maximum atomic E-state index is 12.7. The first kappa shape index (κ1) is 24.3. The molecule has 2 aliphatic heterocycles. The SMILES string of the molecule is CNC(=O)[C@@H]1C[C@H](Oc2ccccc2)CN1C1CCN(Cc2cn[nH]c2-c2ccc(OC)cc2)CC1. The fraction of sp³-hybridized carbons (Fsp3) is 0.429. The van der Waals surface area contributed by atoms with Crippen molar-refractivity contribution < 1.29 is 14.3 Å². The van der Waals surface area contributed by atoms with Crippen molar-refractivity contribution in [2.45, 2.75) is 44.0 Å². The van der Waals surface area contributed by atoms with Crippen LogP contribution in [-0.2, 0) is 11.3 Å². The Bertz CT molecular complexity index is 1130. The maximum absolute atomic E-state index is 12.7. The molecule has 1 aromatic heterocycles. The Morgan fingerprint density at radius 1 is 1.08 bits per heavy atom. The molecule has 0 spiro atoms. The number of para-hydroxylation sites is 1. The lowest BCUT2D eigenvalue weighted by atomic mass is 10.0. The summed E-state index contributed by atoms with van der Waals surface area (Å²) in [4.78, 5) is 17.6. The normalized spacial score (nSPS) is 21.4. The largest absolute Gasteiger partial charge is 0.497 e. The van der Waals surface area contributed by atoms with E-state index in [-0.39, 0.29) is 18.1 Å². The molecule has 2 fully saturated rings. The van der Waals surface area contributed by atoms with Gasteiger partial charge in [0.15, 0.2) is 0 Å². The van der Waals surface area contributed by atoms with Gasteiger partial charge in [0.2, 0.25) is 5.91 Å².